The highest BCUT2D eigenvalue weighted by Gasteiger charge is 2.25. The summed E-state index contributed by atoms with van der Waals surface area (Å²) in [5.74, 6) is 1.56. The summed E-state index contributed by atoms with van der Waals surface area (Å²) in [5, 5.41) is 0. The lowest BCUT2D eigenvalue weighted by Gasteiger charge is -2.21. The van der Waals surface area contributed by atoms with Crippen molar-refractivity contribution in [2.45, 2.75) is 26.8 Å². The third-order valence-corrected chi connectivity index (χ3v) is 5.10. The van der Waals surface area contributed by atoms with E-state index in [1.54, 1.807) is 11.3 Å². The van der Waals surface area contributed by atoms with Gasteiger partial charge in [0.15, 0.2) is 0 Å². The van der Waals surface area contributed by atoms with Gasteiger partial charge in [0, 0.05) is 42.9 Å². The Bertz CT molecular complexity index is 627. The molecule has 6 heteroatoms. The molecule has 1 aliphatic rings. The van der Waals surface area contributed by atoms with Gasteiger partial charge in [-0.1, -0.05) is 0 Å². The van der Waals surface area contributed by atoms with E-state index >= 15 is 0 Å². The maximum absolute atomic E-state index is 4.54. The molecule has 0 radical (unpaired) electrons. The smallest absolute Gasteiger partial charge is 0.225 e. The van der Waals surface area contributed by atoms with E-state index in [0.717, 1.165) is 43.5 Å². The molecular formula is C16H23N5S. The SMILES string of the molecule is Cc1ccnc(N2CC[C@H](CN(C)Cc3scnc3C)C2)n1. The second-order valence-corrected chi connectivity index (χ2v) is 7.10. The molecule has 0 spiro atoms. The van der Waals surface area contributed by atoms with E-state index in [1.807, 2.05) is 24.7 Å². The lowest BCUT2D eigenvalue weighted by molar-refractivity contribution is 0.281. The van der Waals surface area contributed by atoms with Crippen molar-refractivity contribution in [2.75, 3.05) is 31.6 Å². The molecule has 0 aliphatic carbocycles. The number of thiazole rings is 1. The minimum Gasteiger partial charge on any atom is -0.340 e. The summed E-state index contributed by atoms with van der Waals surface area (Å²) in [4.78, 5) is 19.4. The highest BCUT2D eigenvalue weighted by atomic mass is 32.1. The van der Waals surface area contributed by atoms with E-state index in [1.165, 1.54) is 11.3 Å². The molecule has 1 fully saturated rings. The van der Waals surface area contributed by atoms with Crippen LogP contribution in [0.3, 0.4) is 0 Å². The zero-order valence-electron chi connectivity index (χ0n) is 13.5. The van der Waals surface area contributed by atoms with Gasteiger partial charge in [-0.05, 0) is 39.3 Å². The fourth-order valence-electron chi connectivity index (χ4n) is 2.98. The fourth-order valence-corrected chi connectivity index (χ4v) is 3.84. The Morgan fingerprint density at radius 3 is 2.95 bits per heavy atom. The Balaban J connectivity index is 1.53. The predicted molar refractivity (Wildman–Crippen MR) is 90.3 cm³/mol. The molecule has 22 heavy (non-hydrogen) atoms. The summed E-state index contributed by atoms with van der Waals surface area (Å²) in [6.45, 7) is 8.32. The van der Waals surface area contributed by atoms with Gasteiger partial charge in [0.05, 0.1) is 11.2 Å². The van der Waals surface area contributed by atoms with Gasteiger partial charge in [-0.25, -0.2) is 15.0 Å². The molecule has 5 nitrogen and oxygen atoms in total. The van der Waals surface area contributed by atoms with Gasteiger partial charge in [-0.3, -0.25) is 0 Å². The molecule has 0 bridgehead atoms. The quantitative estimate of drug-likeness (QED) is 0.848. The molecule has 0 saturated carbocycles. The molecule has 118 valence electrons. The molecule has 1 saturated heterocycles. The highest BCUT2D eigenvalue weighted by Crippen LogP contribution is 2.22. The van der Waals surface area contributed by atoms with Crippen LogP contribution in [0.5, 0.6) is 0 Å². The van der Waals surface area contributed by atoms with Crippen molar-refractivity contribution in [3.8, 4) is 0 Å². The second-order valence-electron chi connectivity index (χ2n) is 6.16. The minimum atomic E-state index is 0.683. The molecule has 3 rings (SSSR count). The lowest BCUT2D eigenvalue weighted by atomic mass is 10.1. The van der Waals surface area contributed by atoms with E-state index in [2.05, 4.69) is 38.7 Å². The fraction of sp³-hybridized carbons (Fsp3) is 0.562. The third kappa shape index (κ3) is 3.62. The number of rotatable bonds is 5. The van der Waals surface area contributed by atoms with Crippen LogP contribution in [0.25, 0.3) is 0 Å². The average molecular weight is 317 g/mol. The topological polar surface area (TPSA) is 45.2 Å². The monoisotopic (exact) mass is 317 g/mol. The van der Waals surface area contributed by atoms with Crippen LogP contribution in [0.2, 0.25) is 0 Å². The molecule has 0 aromatic carbocycles. The van der Waals surface area contributed by atoms with E-state index < -0.39 is 0 Å². The van der Waals surface area contributed by atoms with E-state index in [-0.39, 0.29) is 0 Å². The average Bonchev–Trinajstić information content (AvgIpc) is 3.09. The van der Waals surface area contributed by atoms with Gasteiger partial charge < -0.3 is 9.80 Å². The molecule has 2 aromatic rings. The first-order chi connectivity index (χ1) is 10.6. The molecule has 0 N–H and O–H groups in total. The first-order valence-corrected chi connectivity index (χ1v) is 8.62. The van der Waals surface area contributed by atoms with Gasteiger partial charge in [0.1, 0.15) is 0 Å². The molecule has 0 unspecified atom stereocenters. The summed E-state index contributed by atoms with van der Waals surface area (Å²) >= 11 is 1.75. The number of aromatic nitrogens is 3. The van der Waals surface area contributed by atoms with Crippen molar-refractivity contribution in [1.29, 1.82) is 0 Å². The van der Waals surface area contributed by atoms with Crippen LogP contribution in [-0.2, 0) is 6.54 Å². The lowest BCUT2D eigenvalue weighted by Crippen LogP contribution is -2.28. The van der Waals surface area contributed by atoms with Gasteiger partial charge in [-0.15, -0.1) is 11.3 Å². The molecule has 1 aliphatic heterocycles. The Kier molecular flexibility index (Phi) is 4.69. The second kappa shape index (κ2) is 6.71. The number of aryl methyl sites for hydroxylation is 2. The largest absolute Gasteiger partial charge is 0.340 e. The van der Waals surface area contributed by atoms with E-state index in [9.17, 15) is 0 Å². The zero-order valence-corrected chi connectivity index (χ0v) is 14.3. The van der Waals surface area contributed by atoms with Crippen LogP contribution in [0.1, 0.15) is 22.7 Å². The number of hydrogen-bond donors (Lipinski definition) is 0. The Labute approximate surface area is 136 Å². The Hall–Kier alpha value is -1.53. The minimum absolute atomic E-state index is 0.683. The normalized spacial score (nSPS) is 18.4. The summed E-state index contributed by atoms with van der Waals surface area (Å²) in [6, 6.07) is 1.95. The Morgan fingerprint density at radius 1 is 1.36 bits per heavy atom. The summed E-state index contributed by atoms with van der Waals surface area (Å²) in [6.07, 6.45) is 3.06. The van der Waals surface area contributed by atoms with Crippen molar-refractivity contribution in [3.63, 3.8) is 0 Å². The van der Waals surface area contributed by atoms with Crippen LogP contribution in [0.4, 0.5) is 5.95 Å². The van der Waals surface area contributed by atoms with Gasteiger partial charge in [0.2, 0.25) is 5.95 Å². The van der Waals surface area contributed by atoms with Crippen molar-refractivity contribution in [2.24, 2.45) is 5.92 Å². The predicted octanol–water partition coefficient (Wildman–Crippen LogP) is 2.51. The number of hydrogen-bond acceptors (Lipinski definition) is 6. The first kappa shape index (κ1) is 15.4. The molecule has 1 atom stereocenters. The van der Waals surface area contributed by atoms with E-state index in [4.69, 9.17) is 0 Å². The van der Waals surface area contributed by atoms with Crippen LogP contribution < -0.4 is 4.90 Å². The maximum Gasteiger partial charge on any atom is 0.225 e. The highest BCUT2D eigenvalue weighted by molar-refractivity contribution is 7.09. The van der Waals surface area contributed by atoms with Crippen molar-refractivity contribution >= 4 is 17.3 Å². The first-order valence-electron chi connectivity index (χ1n) is 7.74. The number of nitrogens with zero attached hydrogens (tertiary/aromatic N) is 5. The number of anilines is 1. The maximum atomic E-state index is 4.54. The molecule has 0 amide bonds. The molecule has 3 heterocycles. The summed E-state index contributed by atoms with van der Waals surface area (Å²) in [7, 11) is 2.20. The van der Waals surface area contributed by atoms with Crippen LogP contribution in [-0.4, -0.2) is 46.5 Å². The molecule has 2 aromatic heterocycles. The van der Waals surface area contributed by atoms with Gasteiger partial charge in [0.25, 0.3) is 0 Å². The van der Waals surface area contributed by atoms with Crippen molar-refractivity contribution in [3.05, 3.63) is 34.0 Å². The van der Waals surface area contributed by atoms with E-state index in [0.29, 0.717) is 5.92 Å². The Morgan fingerprint density at radius 2 is 2.23 bits per heavy atom. The third-order valence-electron chi connectivity index (χ3n) is 4.18. The van der Waals surface area contributed by atoms with Crippen LogP contribution >= 0.6 is 11.3 Å². The van der Waals surface area contributed by atoms with Gasteiger partial charge in [-0.2, -0.15) is 0 Å². The van der Waals surface area contributed by atoms with Crippen molar-refractivity contribution in [1.82, 2.24) is 19.9 Å². The van der Waals surface area contributed by atoms with Crippen LogP contribution in [0, 0.1) is 19.8 Å². The summed E-state index contributed by atoms with van der Waals surface area (Å²) in [5.41, 5.74) is 4.13. The van der Waals surface area contributed by atoms with Crippen LogP contribution in [0.15, 0.2) is 17.8 Å². The van der Waals surface area contributed by atoms with Gasteiger partial charge >= 0.3 is 0 Å². The standard InChI is InChI=1S/C16H23N5S/c1-12-4-6-17-16(19-12)21-7-5-14(9-21)8-20(3)10-15-13(2)18-11-22-15/h4,6,11,14H,5,7-10H2,1-3H3/t14-/m1/s1. The summed E-state index contributed by atoms with van der Waals surface area (Å²) < 4.78 is 0. The molecular weight excluding hydrogens is 294 g/mol. The zero-order chi connectivity index (χ0) is 15.5. The van der Waals surface area contributed by atoms with Crippen molar-refractivity contribution < 1.29 is 0 Å².